The summed E-state index contributed by atoms with van der Waals surface area (Å²) in [6.45, 7) is 0.701. The van der Waals surface area contributed by atoms with Crippen LogP contribution < -0.4 is 4.90 Å². The third-order valence-electron chi connectivity index (χ3n) is 2.72. The number of benzene rings is 1. The van der Waals surface area contributed by atoms with E-state index in [-0.39, 0.29) is 5.82 Å². The van der Waals surface area contributed by atoms with E-state index in [0.29, 0.717) is 11.9 Å². The van der Waals surface area contributed by atoms with E-state index in [9.17, 15) is 4.39 Å². The van der Waals surface area contributed by atoms with E-state index in [1.54, 1.807) is 18.3 Å². The van der Waals surface area contributed by atoms with E-state index in [4.69, 9.17) is 0 Å². The van der Waals surface area contributed by atoms with Gasteiger partial charge in [-0.05, 0) is 35.9 Å². The van der Waals surface area contributed by atoms with Gasteiger partial charge in [-0.3, -0.25) is 4.98 Å². The fourth-order valence-electron chi connectivity index (χ4n) is 1.85. The lowest BCUT2D eigenvalue weighted by Gasteiger charge is -2.21. The van der Waals surface area contributed by atoms with Crippen LogP contribution in [0.5, 0.6) is 0 Å². The first-order valence-corrected chi connectivity index (χ1v) is 6.78. The van der Waals surface area contributed by atoms with Crippen molar-refractivity contribution in [3.63, 3.8) is 0 Å². The predicted molar refractivity (Wildman–Crippen MR) is 75.4 cm³/mol. The van der Waals surface area contributed by atoms with E-state index >= 15 is 0 Å². The minimum atomic E-state index is -0.209. The van der Waals surface area contributed by atoms with Crippen LogP contribution in [0.3, 0.4) is 0 Å². The molecule has 0 aliphatic carbocycles. The fourth-order valence-corrected chi connectivity index (χ4v) is 2.30. The summed E-state index contributed by atoms with van der Waals surface area (Å²) in [4.78, 5) is 6.36. The summed E-state index contributed by atoms with van der Waals surface area (Å²) in [5, 5.41) is 0.632. The minimum Gasteiger partial charge on any atom is -0.368 e. The molecule has 0 aliphatic rings. The number of halogens is 2. The first kappa shape index (κ1) is 13.0. The van der Waals surface area contributed by atoms with E-state index in [0.717, 1.165) is 16.9 Å². The molecule has 94 valence electrons. The molecule has 0 amide bonds. The molecule has 0 atom stereocenters. The van der Waals surface area contributed by atoms with Crippen molar-refractivity contribution < 1.29 is 4.39 Å². The van der Waals surface area contributed by atoms with Crippen molar-refractivity contribution in [2.45, 2.75) is 11.9 Å². The van der Waals surface area contributed by atoms with Crippen LogP contribution in [0.25, 0.3) is 0 Å². The summed E-state index contributed by atoms with van der Waals surface area (Å²) < 4.78 is 13.2. The highest BCUT2D eigenvalue weighted by molar-refractivity contribution is 9.08. The monoisotopic (exact) mass is 308 g/mol. The average molecular weight is 309 g/mol. The number of alkyl halides is 1. The predicted octanol–water partition coefficient (Wildman–Crippen LogP) is 3.75. The molecule has 1 heterocycles. The molecule has 0 aliphatic heterocycles. The van der Waals surface area contributed by atoms with Crippen molar-refractivity contribution in [1.82, 2.24) is 4.98 Å². The minimum absolute atomic E-state index is 0.209. The Morgan fingerprint density at radius 1 is 1.28 bits per heavy atom. The van der Waals surface area contributed by atoms with Gasteiger partial charge in [-0.25, -0.2) is 4.39 Å². The maximum absolute atomic E-state index is 13.2. The second kappa shape index (κ2) is 5.96. The third kappa shape index (κ3) is 3.07. The molecule has 4 heteroatoms. The molecule has 0 saturated heterocycles. The molecule has 0 N–H and O–H groups in total. The lowest BCUT2D eigenvalue weighted by molar-refractivity contribution is 0.626. The van der Waals surface area contributed by atoms with E-state index in [1.165, 1.54) is 6.07 Å². The summed E-state index contributed by atoms with van der Waals surface area (Å²) in [6.07, 6.45) is 1.78. The van der Waals surface area contributed by atoms with Crippen LogP contribution in [-0.4, -0.2) is 12.0 Å². The van der Waals surface area contributed by atoms with Crippen molar-refractivity contribution in [3.05, 3.63) is 59.7 Å². The van der Waals surface area contributed by atoms with Gasteiger partial charge in [-0.15, -0.1) is 0 Å². The summed E-state index contributed by atoms with van der Waals surface area (Å²) >= 11 is 3.39. The highest BCUT2D eigenvalue weighted by Gasteiger charge is 2.08. The van der Waals surface area contributed by atoms with Gasteiger partial charge >= 0.3 is 0 Å². The lowest BCUT2D eigenvalue weighted by Crippen LogP contribution is -2.18. The van der Waals surface area contributed by atoms with Gasteiger partial charge in [-0.2, -0.15) is 0 Å². The second-order valence-corrected chi connectivity index (χ2v) is 4.64. The molecule has 0 spiro atoms. The highest BCUT2D eigenvalue weighted by atomic mass is 79.9. The number of nitrogens with zero attached hydrogens (tertiary/aromatic N) is 2. The SMILES string of the molecule is CN(Cc1ccccn1)c1ccc(F)cc1CBr. The number of hydrogen-bond acceptors (Lipinski definition) is 2. The highest BCUT2D eigenvalue weighted by Crippen LogP contribution is 2.24. The van der Waals surface area contributed by atoms with Crippen molar-refractivity contribution in [3.8, 4) is 0 Å². The fraction of sp³-hybridized carbons (Fsp3) is 0.214. The zero-order valence-electron chi connectivity index (χ0n) is 10.1. The maximum Gasteiger partial charge on any atom is 0.123 e. The molecule has 0 radical (unpaired) electrons. The zero-order chi connectivity index (χ0) is 13.0. The van der Waals surface area contributed by atoms with Crippen LogP contribution in [0.15, 0.2) is 42.6 Å². The molecule has 2 nitrogen and oxygen atoms in total. The van der Waals surface area contributed by atoms with Crippen molar-refractivity contribution >= 4 is 21.6 Å². The van der Waals surface area contributed by atoms with E-state index in [1.807, 2.05) is 25.2 Å². The van der Waals surface area contributed by atoms with Crippen LogP contribution in [0.2, 0.25) is 0 Å². The van der Waals surface area contributed by atoms with Gasteiger partial charge in [0.15, 0.2) is 0 Å². The van der Waals surface area contributed by atoms with Crippen molar-refractivity contribution in [1.29, 1.82) is 0 Å². The molecule has 2 aromatic rings. The summed E-state index contributed by atoms with van der Waals surface area (Å²) in [5.41, 5.74) is 2.94. The molecule has 1 aromatic carbocycles. The smallest absolute Gasteiger partial charge is 0.123 e. The number of hydrogen-bond donors (Lipinski definition) is 0. The van der Waals surface area contributed by atoms with Crippen LogP contribution in [0.1, 0.15) is 11.3 Å². The normalized spacial score (nSPS) is 10.4. The maximum atomic E-state index is 13.2. The van der Waals surface area contributed by atoms with Crippen LogP contribution in [-0.2, 0) is 11.9 Å². The van der Waals surface area contributed by atoms with Crippen molar-refractivity contribution in [2.75, 3.05) is 11.9 Å². The first-order chi connectivity index (χ1) is 8.70. The Morgan fingerprint density at radius 3 is 2.78 bits per heavy atom. The number of aromatic nitrogens is 1. The van der Waals surface area contributed by atoms with Gasteiger partial charge < -0.3 is 4.90 Å². The Bertz CT molecular complexity index is 516. The van der Waals surface area contributed by atoms with Gasteiger partial charge in [0, 0.05) is 24.3 Å². The molecule has 2 rings (SSSR count). The molecular formula is C14H14BrFN2. The van der Waals surface area contributed by atoms with Gasteiger partial charge in [0.05, 0.1) is 12.2 Å². The quantitative estimate of drug-likeness (QED) is 0.800. The average Bonchev–Trinajstić information content (AvgIpc) is 2.39. The largest absolute Gasteiger partial charge is 0.368 e. The Kier molecular flexibility index (Phi) is 4.31. The van der Waals surface area contributed by atoms with Crippen LogP contribution >= 0.6 is 15.9 Å². The van der Waals surface area contributed by atoms with Crippen LogP contribution in [0.4, 0.5) is 10.1 Å². The molecule has 0 fully saturated rings. The second-order valence-electron chi connectivity index (χ2n) is 4.08. The number of anilines is 1. The summed E-state index contributed by atoms with van der Waals surface area (Å²) in [7, 11) is 1.98. The van der Waals surface area contributed by atoms with Gasteiger partial charge in [0.25, 0.3) is 0 Å². The van der Waals surface area contributed by atoms with Gasteiger partial charge in [-0.1, -0.05) is 22.0 Å². The van der Waals surface area contributed by atoms with Gasteiger partial charge in [0.1, 0.15) is 5.82 Å². The topological polar surface area (TPSA) is 16.1 Å². The Labute approximate surface area is 115 Å². The Morgan fingerprint density at radius 2 is 2.11 bits per heavy atom. The molecular weight excluding hydrogens is 295 g/mol. The van der Waals surface area contributed by atoms with Gasteiger partial charge in [0.2, 0.25) is 0 Å². The Hall–Kier alpha value is -1.42. The third-order valence-corrected chi connectivity index (χ3v) is 3.33. The summed E-state index contributed by atoms with van der Waals surface area (Å²) in [5.74, 6) is -0.209. The van der Waals surface area contributed by atoms with Crippen LogP contribution in [0, 0.1) is 5.82 Å². The molecule has 0 bridgehead atoms. The lowest BCUT2D eigenvalue weighted by atomic mass is 10.1. The number of rotatable bonds is 4. The molecule has 1 aromatic heterocycles. The number of pyridine rings is 1. The molecule has 0 saturated carbocycles. The molecule has 18 heavy (non-hydrogen) atoms. The van der Waals surface area contributed by atoms with Crippen molar-refractivity contribution in [2.24, 2.45) is 0 Å². The summed E-state index contributed by atoms with van der Waals surface area (Å²) in [6, 6.07) is 10.7. The first-order valence-electron chi connectivity index (χ1n) is 5.66. The molecule has 0 unspecified atom stereocenters. The Balaban J connectivity index is 2.21. The van der Waals surface area contributed by atoms with E-state index in [2.05, 4.69) is 25.8 Å². The zero-order valence-corrected chi connectivity index (χ0v) is 11.7. The van der Waals surface area contributed by atoms with E-state index < -0.39 is 0 Å². The standard InChI is InChI=1S/C14H14BrFN2/c1-18(10-13-4-2-3-7-17-13)14-6-5-12(16)8-11(14)9-15/h2-8H,9-10H2,1H3.